The minimum absolute atomic E-state index is 0.0657. The van der Waals surface area contributed by atoms with Gasteiger partial charge in [0.25, 0.3) is 0 Å². The number of benzene rings is 1. The van der Waals surface area contributed by atoms with Crippen molar-refractivity contribution in [1.29, 1.82) is 0 Å². The van der Waals surface area contributed by atoms with E-state index in [0.717, 1.165) is 25.6 Å². The average molecular weight is 347 g/mol. The van der Waals surface area contributed by atoms with Gasteiger partial charge in [-0.2, -0.15) is 4.31 Å². The number of hydrogen-bond acceptors (Lipinski definition) is 3. The first-order valence-electron chi connectivity index (χ1n) is 7.68. The fourth-order valence-electron chi connectivity index (χ4n) is 3.06. The van der Waals surface area contributed by atoms with Gasteiger partial charge in [0.2, 0.25) is 10.0 Å². The molecule has 1 aliphatic heterocycles. The van der Waals surface area contributed by atoms with Gasteiger partial charge in [-0.15, -0.1) is 0 Å². The van der Waals surface area contributed by atoms with Gasteiger partial charge in [0.15, 0.2) is 0 Å². The van der Waals surface area contributed by atoms with Gasteiger partial charge < -0.3 is 0 Å². The molecule has 22 heavy (non-hydrogen) atoms. The molecule has 0 unspecified atom stereocenters. The number of halogens is 2. The van der Waals surface area contributed by atoms with E-state index in [0.29, 0.717) is 19.1 Å². The first kappa shape index (κ1) is 16.2. The Bertz CT molecular complexity index is 649. The molecule has 0 aromatic heterocycles. The normalized spacial score (nSPS) is 22.3. The molecule has 1 aromatic rings. The van der Waals surface area contributed by atoms with E-state index in [-0.39, 0.29) is 9.92 Å². The molecule has 0 amide bonds. The van der Waals surface area contributed by atoms with Gasteiger partial charge in [0.05, 0.1) is 9.92 Å². The van der Waals surface area contributed by atoms with Gasteiger partial charge in [-0.1, -0.05) is 18.0 Å². The molecule has 1 aromatic carbocycles. The molecule has 1 saturated carbocycles. The standard InChI is InChI=1S/C15H20ClFN2O2S/c16-14-11-13(5-6-15(14)17)22(20,21)19-8-2-7-18(9-10-19)12-3-1-4-12/h5-6,11-12H,1-4,7-10H2. The topological polar surface area (TPSA) is 40.6 Å². The molecule has 4 nitrogen and oxygen atoms in total. The Hall–Kier alpha value is -0.690. The maximum Gasteiger partial charge on any atom is 0.243 e. The lowest BCUT2D eigenvalue weighted by molar-refractivity contribution is 0.134. The summed E-state index contributed by atoms with van der Waals surface area (Å²) in [6, 6.07) is 4.21. The first-order valence-corrected chi connectivity index (χ1v) is 9.49. The third-order valence-corrected chi connectivity index (χ3v) is 6.79. The van der Waals surface area contributed by atoms with Crippen LogP contribution in [0, 0.1) is 5.82 Å². The van der Waals surface area contributed by atoms with Crippen molar-refractivity contribution in [3.05, 3.63) is 29.0 Å². The highest BCUT2D eigenvalue weighted by Gasteiger charge is 2.31. The summed E-state index contributed by atoms with van der Waals surface area (Å²) in [6.07, 6.45) is 4.54. The van der Waals surface area contributed by atoms with E-state index >= 15 is 0 Å². The van der Waals surface area contributed by atoms with Crippen LogP contribution in [0.25, 0.3) is 0 Å². The Labute approximate surface area is 135 Å². The van der Waals surface area contributed by atoms with Gasteiger partial charge in [-0.3, -0.25) is 4.90 Å². The van der Waals surface area contributed by atoms with Crippen LogP contribution in [0.3, 0.4) is 0 Å². The SMILES string of the molecule is O=S(=O)(c1ccc(F)c(Cl)c1)N1CCCN(C2CCC2)CC1. The van der Waals surface area contributed by atoms with E-state index in [1.54, 1.807) is 0 Å². The van der Waals surface area contributed by atoms with E-state index in [4.69, 9.17) is 11.6 Å². The third-order valence-electron chi connectivity index (χ3n) is 4.61. The quantitative estimate of drug-likeness (QED) is 0.845. The van der Waals surface area contributed by atoms with Crippen LogP contribution >= 0.6 is 11.6 Å². The van der Waals surface area contributed by atoms with Crippen LogP contribution in [-0.4, -0.2) is 49.8 Å². The third kappa shape index (κ3) is 3.15. The lowest BCUT2D eigenvalue weighted by atomic mass is 9.91. The molecule has 1 heterocycles. The van der Waals surface area contributed by atoms with Crippen LogP contribution in [0.1, 0.15) is 25.7 Å². The first-order chi connectivity index (χ1) is 10.5. The predicted octanol–water partition coefficient (Wildman–Crippen LogP) is 2.73. The van der Waals surface area contributed by atoms with Crippen molar-refractivity contribution in [2.75, 3.05) is 26.2 Å². The van der Waals surface area contributed by atoms with Crippen LogP contribution in [0.4, 0.5) is 4.39 Å². The summed E-state index contributed by atoms with van der Waals surface area (Å²) < 4.78 is 40.1. The van der Waals surface area contributed by atoms with Crippen molar-refractivity contribution in [2.45, 2.75) is 36.6 Å². The molecule has 0 atom stereocenters. The van der Waals surface area contributed by atoms with Crippen LogP contribution in [-0.2, 0) is 10.0 Å². The second-order valence-corrected chi connectivity index (χ2v) is 8.30. The van der Waals surface area contributed by atoms with E-state index in [1.807, 2.05) is 0 Å². The monoisotopic (exact) mass is 346 g/mol. The lowest BCUT2D eigenvalue weighted by Crippen LogP contribution is -2.42. The molecule has 1 aliphatic carbocycles. The van der Waals surface area contributed by atoms with Gasteiger partial charge in [-0.05, 0) is 44.0 Å². The van der Waals surface area contributed by atoms with Gasteiger partial charge in [0, 0.05) is 25.7 Å². The van der Waals surface area contributed by atoms with Crippen molar-refractivity contribution in [3.63, 3.8) is 0 Å². The molecule has 0 bridgehead atoms. The van der Waals surface area contributed by atoms with Gasteiger partial charge >= 0.3 is 0 Å². The average Bonchev–Trinajstić information content (AvgIpc) is 2.66. The largest absolute Gasteiger partial charge is 0.299 e. The molecule has 3 rings (SSSR count). The van der Waals surface area contributed by atoms with Crippen LogP contribution in [0.5, 0.6) is 0 Å². The lowest BCUT2D eigenvalue weighted by Gasteiger charge is -2.36. The minimum atomic E-state index is -3.61. The highest BCUT2D eigenvalue weighted by Crippen LogP contribution is 2.27. The summed E-state index contributed by atoms with van der Waals surface area (Å²) >= 11 is 5.72. The maximum absolute atomic E-state index is 13.2. The van der Waals surface area contributed by atoms with Crippen molar-refractivity contribution in [1.82, 2.24) is 9.21 Å². The molecule has 122 valence electrons. The summed E-state index contributed by atoms with van der Waals surface area (Å²) in [5, 5.41) is -0.160. The van der Waals surface area contributed by atoms with Crippen molar-refractivity contribution in [2.24, 2.45) is 0 Å². The number of rotatable bonds is 3. The molecular weight excluding hydrogens is 327 g/mol. The summed E-state index contributed by atoms with van der Waals surface area (Å²) in [7, 11) is -3.61. The fourth-order valence-corrected chi connectivity index (χ4v) is 4.80. The molecule has 2 aliphatic rings. The van der Waals surface area contributed by atoms with Crippen LogP contribution < -0.4 is 0 Å². The number of hydrogen-bond donors (Lipinski definition) is 0. The number of sulfonamides is 1. The predicted molar refractivity (Wildman–Crippen MR) is 84.0 cm³/mol. The zero-order valence-electron chi connectivity index (χ0n) is 12.3. The Morgan fingerprint density at radius 1 is 1.09 bits per heavy atom. The molecule has 2 fully saturated rings. The Kier molecular flexibility index (Phi) is 4.73. The summed E-state index contributed by atoms with van der Waals surface area (Å²) in [6.45, 7) is 2.69. The van der Waals surface area contributed by atoms with Crippen molar-refractivity contribution in [3.8, 4) is 0 Å². The molecular formula is C15H20ClFN2O2S. The summed E-state index contributed by atoms with van der Waals surface area (Å²) in [5.74, 6) is -0.604. The summed E-state index contributed by atoms with van der Waals surface area (Å²) in [5.41, 5.74) is 0. The summed E-state index contributed by atoms with van der Waals surface area (Å²) in [4.78, 5) is 2.47. The van der Waals surface area contributed by atoms with E-state index in [1.165, 1.54) is 35.7 Å². The Balaban J connectivity index is 1.75. The smallest absolute Gasteiger partial charge is 0.243 e. The van der Waals surface area contributed by atoms with Crippen molar-refractivity contribution < 1.29 is 12.8 Å². The zero-order valence-corrected chi connectivity index (χ0v) is 13.9. The number of nitrogens with zero attached hydrogens (tertiary/aromatic N) is 2. The fraction of sp³-hybridized carbons (Fsp3) is 0.600. The minimum Gasteiger partial charge on any atom is -0.299 e. The second-order valence-electron chi connectivity index (χ2n) is 5.95. The molecule has 0 spiro atoms. The zero-order chi connectivity index (χ0) is 15.7. The molecule has 0 N–H and O–H groups in total. The highest BCUT2D eigenvalue weighted by atomic mass is 35.5. The Morgan fingerprint density at radius 3 is 2.50 bits per heavy atom. The van der Waals surface area contributed by atoms with Crippen LogP contribution in [0.15, 0.2) is 23.1 Å². The molecule has 1 saturated heterocycles. The molecule has 0 radical (unpaired) electrons. The van der Waals surface area contributed by atoms with Crippen molar-refractivity contribution >= 4 is 21.6 Å². The van der Waals surface area contributed by atoms with E-state index < -0.39 is 15.8 Å². The Morgan fingerprint density at radius 2 is 1.86 bits per heavy atom. The van der Waals surface area contributed by atoms with Crippen LogP contribution in [0.2, 0.25) is 5.02 Å². The maximum atomic E-state index is 13.2. The van der Waals surface area contributed by atoms with Gasteiger partial charge in [-0.25, -0.2) is 12.8 Å². The highest BCUT2D eigenvalue weighted by molar-refractivity contribution is 7.89. The van der Waals surface area contributed by atoms with Gasteiger partial charge in [0.1, 0.15) is 5.82 Å². The second kappa shape index (κ2) is 6.43. The van der Waals surface area contributed by atoms with E-state index in [9.17, 15) is 12.8 Å². The molecule has 7 heteroatoms. The van der Waals surface area contributed by atoms with E-state index in [2.05, 4.69) is 4.90 Å².